The predicted molar refractivity (Wildman–Crippen MR) is 60.4 cm³/mol. The van der Waals surface area contributed by atoms with Gasteiger partial charge in [0.05, 0.1) is 0 Å². The Morgan fingerprint density at radius 1 is 1.50 bits per heavy atom. The molecule has 1 heterocycles. The minimum absolute atomic E-state index is 0.298. The van der Waals surface area contributed by atoms with E-state index in [4.69, 9.17) is 5.73 Å². The lowest BCUT2D eigenvalue weighted by molar-refractivity contribution is 0.620. The molecule has 3 heteroatoms. The van der Waals surface area contributed by atoms with Crippen LogP contribution in [0.2, 0.25) is 0 Å². The van der Waals surface area contributed by atoms with Crippen molar-refractivity contribution in [3.63, 3.8) is 0 Å². The van der Waals surface area contributed by atoms with Gasteiger partial charge in [-0.05, 0) is 31.9 Å². The van der Waals surface area contributed by atoms with Crippen LogP contribution < -0.4 is 10.6 Å². The second kappa shape index (κ2) is 5.60. The standard InChI is InChI=1S/C11H19N3/c1-10(12)6-5-9-14(2)11-7-3-4-8-13-11/h3-4,7-8,10H,5-6,9,12H2,1-2H3. The zero-order valence-electron chi connectivity index (χ0n) is 8.98. The van der Waals surface area contributed by atoms with Crippen molar-refractivity contribution in [3.8, 4) is 0 Å². The molecule has 1 atom stereocenters. The maximum Gasteiger partial charge on any atom is 0.128 e. The normalized spacial score (nSPS) is 12.5. The average molecular weight is 193 g/mol. The van der Waals surface area contributed by atoms with Gasteiger partial charge in [0, 0.05) is 25.8 Å². The third kappa shape index (κ3) is 3.75. The lowest BCUT2D eigenvalue weighted by Gasteiger charge is -2.18. The summed E-state index contributed by atoms with van der Waals surface area (Å²) in [5, 5.41) is 0. The first kappa shape index (κ1) is 11.0. The maximum atomic E-state index is 5.68. The van der Waals surface area contributed by atoms with Gasteiger partial charge in [-0.2, -0.15) is 0 Å². The minimum atomic E-state index is 0.298. The molecule has 0 aromatic carbocycles. The van der Waals surface area contributed by atoms with Crippen molar-refractivity contribution in [3.05, 3.63) is 24.4 Å². The Morgan fingerprint density at radius 2 is 2.29 bits per heavy atom. The highest BCUT2D eigenvalue weighted by Crippen LogP contribution is 2.07. The predicted octanol–water partition coefficient (Wildman–Crippen LogP) is 1.65. The zero-order chi connectivity index (χ0) is 10.4. The number of nitrogens with zero attached hydrogens (tertiary/aromatic N) is 2. The van der Waals surface area contributed by atoms with Gasteiger partial charge in [0.25, 0.3) is 0 Å². The fourth-order valence-corrected chi connectivity index (χ4v) is 1.34. The molecule has 0 radical (unpaired) electrons. The van der Waals surface area contributed by atoms with Crippen molar-refractivity contribution in [1.29, 1.82) is 0 Å². The van der Waals surface area contributed by atoms with Crippen LogP contribution in [0.3, 0.4) is 0 Å². The molecule has 14 heavy (non-hydrogen) atoms. The largest absolute Gasteiger partial charge is 0.360 e. The average Bonchev–Trinajstić information content (AvgIpc) is 2.18. The van der Waals surface area contributed by atoms with Gasteiger partial charge in [-0.15, -0.1) is 0 Å². The number of hydrogen-bond acceptors (Lipinski definition) is 3. The van der Waals surface area contributed by atoms with Gasteiger partial charge >= 0.3 is 0 Å². The van der Waals surface area contributed by atoms with E-state index in [1.54, 1.807) is 0 Å². The van der Waals surface area contributed by atoms with Crippen molar-refractivity contribution in [2.75, 3.05) is 18.5 Å². The van der Waals surface area contributed by atoms with Crippen molar-refractivity contribution >= 4 is 5.82 Å². The van der Waals surface area contributed by atoms with Crippen molar-refractivity contribution in [2.45, 2.75) is 25.8 Å². The first-order chi connectivity index (χ1) is 6.70. The molecule has 0 saturated carbocycles. The summed E-state index contributed by atoms with van der Waals surface area (Å²) in [5.41, 5.74) is 5.68. The van der Waals surface area contributed by atoms with Gasteiger partial charge in [-0.1, -0.05) is 6.07 Å². The van der Waals surface area contributed by atoms with Crippen LogP contribution >= 0.6 is 0 Å². The molecule has 2 N–H and O–H groups in total. The summed E-state index contributed by atoms with van der Waals surface area (Å²) >= 11 is 0. The molecule has 0 fully saturated rings. The van der Waals surface area contributed by atoms with E-state index in [1.807, 2.05) is 31.3 Å². The molecule has 0 amide bonds. The highest BCUT2D eigenvalue weighted by atomic mass is 15.2. The van der Waals surface area contributed by atoms with Gasteiger partial charge in [-0.25, -0.2) is 4.98 Å². The molecule has 0 aliphatic rings. The van der Waals surface area contributed by atoms with Crippen LogP contribution in [0.1, 0.15) is 19.8 Å². The van der Waals surface area contributed by atoms with E-state index in [1.165, 1.54) is 0 Å². The topological polar surface area (TPSA) is 42.1 Å². The zero-order valence-corrected chi connectivity index (χ0v) is 8.98. The van der Waals surface area contributed by atoms with E-state index >= 15 is 0 Å². The van der Waals surface area contributed by atoms with E-state index in [2.05, 4.69) is 16.9 Å². The lowest BCUT2D eigenvalue weighted by Crippen LogP contribution is -2.22. The molecule has 1 aromatic heterocycles. The fraction of sp³-hybridized carbons (Fsp3) is 0.545. The van der Waals surface area contributed by atoms with Crippen LogP contribution in [0.5, 0.6) is 0 Å². The Labute approximate surface area is 85.9 Å². The SMILES string of the molecule is CC(N)CCCN(C)c1ccccn1. The van der Waals surface area contributed by atoms with E-state index in [-0.39, 0.29) is 0 Å². The number of pyridine rings is 1. The molecule has 0 spiro atoms. The Hall–Kier alpha value is -1.09. The van der Waals surface area contributed by atoms with Gasteiger partial charge in [0.1, 0.15) is 5.82 Å². The third-order valence-corrected chi connectivity index (χ3v) is 2.19. The fourth-order valence-electron chi connectivity index (χ4n) is 1.34. The van der Waals surface area contributed by atoms with Gasteiger partial charge in [0.2, 0.25) is 0 Å². The molecule has 3 nitrogen and oxygen atoms in total. The van der Waals surface area contributed by atoms with E-state index in [0.29, 0.717) is 6.04 Å². The molecule has 0 saturated heterocycles. The summed E-state index contributed by atoms with van der Waals surface area (Å²) < 4.78 is 0. The summed E-state index contributed by atoms with van der Waals surface area (Å²) in [6.07, 6.45) is 4.00. The second-order valence-electron chi connectivity index (χ2n) is 3.73. The first-order valence-corrected chi connectivity index (χ1v) is 5.08. The first-order valence-electron chi connectivity index (χ1n) is 5.08. The summed E-state index contributed by atoms with van der Waals surface area (Å²) in [5.74, 6) is 1.03. The third-order valence-electron chi connectivity index (χ3n) is 2.19. The highest BCUT2D eigenvalue weighted by Gasteiger charge is 2.01. The summed E-state index contributed by atoms with van der Waals surface area (Å²) in [7, 11) is 2.06. The van der Waals surface area contributed by atoms with Crippen LogP contribution in [0, 0.1) is 0 Å². The van der Waals surface area contributed by atoms with Crippen LogP contribution in [-0.4, -0.2) is 24.6 Å². The number of hydrogen-bond donors (Lipinski definition) is 1. The van der Waals surface area contributed by atoms with Crippen molar-refractivity contribution in [2.24, 2.45) is 5.73 Å². The molecular weight excluding hydrogens is 174 g/mol. The van der Waals surface area contributed by atoms with Crippen molar-refractivity contribution in [1.82, 2.24) is 4.98 Å². The van der Waals surface area contributed by atoms with Crippen LogP contribution in [-0.2, 0) is 0 Å². The van der Waals surface area contributed by atoms with Crippen molar-refractivity contribution < 1.29 is 0 Å². The molecule has 0 aliphatic carbocycles. The number of anilines is 1. The lowest BCUT2D eigenvalue weighted by atomic mass is 10.2. The molecule has 78 valence electrons. The van der Waals surface area contributed by atoms with Crippen LogP contribution in [0.15, 0.2) is 24.4 Å². The number of rotatable bonds is 5. The molecule has 0 bridgehead atoms. The van der Waals surface area contributed by atoms with Gasteiger partial charge < -0.3 is 10.6 Å². The smallest absolute Gasteiger partial charge is 0.128 e. The van der Waals surface area contributed by atoms with E-state index in [9.17, 15) is 0 Å². The molecular formula is C11H19N3. The Balaban J connectivity index is 2.32. The van der Waals surface area contributed by atoms with Gasteiger partial charge in [0.15, 0.2) is 0 Å². The number of nitrogens with two attached hydrogens (primary N) is 1. The molecule has 1 rings (SSSR count). The summed E-state index contributed by atoms with van der Waals surface area (Å²) in [6.45, 7) is 3.05. The van der Waals surface area contributed by atoms with Crippen LogP contribution in [0.25, 0.3) is 0 Å². The Morgan fingerprint density at radius 3 is 2.86 bits per heavy atom. The Kier molecular flexibility index (Phi) is 4.40. The van der Waals surface area contributed by atoms with E-state index in [0.717, 1.165) is 25.2 Å². The summed E-state index contributed by atoms with van der Waals surface area (Å²) in [4.78, 5) is 6.43. The molecule has 0 aliphatic heterocycles. The van der Waals surface area contributed by atoms with Crippen LogP contribution in [0.4, 0.5) is 5.82 Å². The Bertz CT molecular complexity index is 246. The maximum absolute atomic E-state index is 5.68. The second-order valence-corrected chi connectivity index (χ2v) is 3.73. The highest BCUT2D eigenvalue weighted by molar-refractivity contribution is 5.35. The quantitative estimate of drug-likeness (QED) is 0.773. The monoisotopic (exact) mass is 193 g/mol. The molecule has 1 aromatic rings. The molecule has 1 unspecified atom stereocenters. The van der Waals surface area contributed by atoms with E-state index < -0.39 is 0 Å². The van der Waals surface area contributed by atoms with Gasteiger partial charge in [-0.3, -0.25) is 0 Å². The summed E-state index contributed by atoms with van der Waals surface area (Å²) in [6, 6.07) is 6.25. The minimum Gasteiger partial charge on any atom is -0.360 e. The number of aromatic nitrogens is 1.